The maximum absolute atomic E-state index is 12.8. The summed E-state index contributed by atoms with van der Waals surface area (Å²) in [6.07, 6.45) is 33.6. The van der Waals surface area contributed by atoms with Crippen LogP contribution in [0.1, 0.15) is 162 Å². The predicted octanol–water partition coefficient (Wildman–Crippen LogP) is 9.16. The van der Waals surface area contributed by atoms with Crippen LogP contribution in [0.3, 0.4) is 0 Å². The van der Waals surface area contributed by atoms with E-state index >= 15 is 0 Å². The van der Waals surface area contributed by atoms with Crippen LogP contribution in [0.15, 0.2) is 24.3 Å². The number of phosphoric ester groups is 1. The number of quaternary nitrogens is 1. The fourth-order valence-electron chi connectivity index (χ4n) is 5.26. The van der Waals surface area contributed by atoms with Crippen molar-refractivity contribution in [2.45, 2.75) is 174 Å². The minimum absolute atomic E-state index is 0.00207. The summed E-state index contributed by atoms with van der Waals surface area (Å²) in [6.45, 7) is 4.59. The molecule has 0 aliphatic rings. The SMILES string of the molecule is CCCCCCC/C=C/CCCCCCCC(=O)N[C@@H](COP(=O)([O-])OCC[N+](C)(C)C)[C@H](O)/C=C/CCCCCCCCCCC. The largest absolute Gasteiger partial charge is 0.756 e. The van der Waals surface area contributed by atoms with Gasteiger partial charge in [-0.2, -0.15) is 0 Å². The number of amides is 1. The number of allylic oxidation sites excluding steroid dienone is 3. The zero-order valence-corrected chi connectivity index (χ0v) is 32.1. The molecule has 0 aromatic rings. The average molecular weight is 687 g/mol. The standard InChI is InChI=1S/C38H75N2O6P/c1-6-8-10-12-14-16-18-19-20-22-24-26-28-30-32-38(42)39-36(35-46-47(43,44)45-34-33-40(3,4)5)37(41)31-29-27-25-23-21-17-15-13-11-9-7-2/h18-19,29,31,36-37,41H,6-17,20-28,30,32-35H2,1-5H3,(H-,39,42,43,44)/b19-18+,31-29+/t36-,37+/m0/s1. The van der Waals surface area contributed by atoms with E-state index in [1.165, 1.54) is 89.9 Å². The molecule has 0 aliphatic heterocycles. The van der Waals surface area contributed by atoms with Crippen molar-refractivity contribution in [1.82, 2.24) is 5.32 Å². The number of aliphatic hydroxyl groups is 1. The minimum Gasteiger partial charge on any atom is -0.756 e. The van der Waals surface area contributed by atoms with Crippen LogP contribution < -0.4 is 10.2 Å². The van der Waals surface area contributed by atoms with Crippen molar-refractivity contribution in [3.05, 3.63) is 24.3 Å². The van der Waals surface area contributed by atoms with Gasteiger partial charge in [-0.15, -0.1) is 0 Å². The topological polar surface area (TPSA) is 108 Å². The van der Waals surface area contributed by atoms with E-state index in [4.69, 9.17) is 9.05 Å². The third kappa shape index (κ3) is 33.3. The van der Waals surface area contributed by atoms with Crippen LogP contribution >= 0.6 is 7.82 Å². The Hall–Kier alpha value is -1.02. The van der Waals surface area contributed by atoms with Gasteiger partial charge in [0.1, 0.15) is 13.2 Å². The van der Waals surface area contributed by atoms with E-state index in [1.54, 1.807) is 6.08 Å². The number of hydrogen-bond donors (Lipinski definition) is 2. The van der Waals surface area contributed by atoms with Crippen molar-refractivity contribution >= 4 is 13.7 Å². The van der Waals surface area contributed by atoms with Crippen LogP contribution in [0, 0.1) is 0 Å². The molecule has 9 heteroatoms. The number of unbranched alkanes of at least 4 members (excludes halogenated alkanes) is 19. The van der Waals surface area contributed by atoms with Crippen LogP contribution in [0.4, 0.5) is 0 Å². The van der Waals surface area contributed by atoms with Gasteiger partial charge < -0.3 is 28.8 Å². The molecule has 0 bridgehead atoms. The molecule has 278 valence electrons. The van der Waals surface area contributed by atoms with Gasteiger partial charge in [0, 0.05) is 6.42 Å². The Morgan fingerprint density at radius 3 is 1.66 bits per heavy atom. The van der Waals surface area contributed by atoms with Gasteiger partial charge in [0.15, 0.2) is 0 Å². The molecule has 0 aromatic carbocycles. The number of carbonyl (C=O) groups is 1. The fraction of sp³-hybridized carbons (Fsp3) is 0.868. The first-order chi connectivity index (χ1) is 22.5. The Morgan fingerprint density at radius 1 is 0.723 bits per heavy atom. The third-order valence-electron chi connectivity index (χ3n) is 8.41. The van der Waals surface area contributed by atoms with Crippen LogP contribution in [-0.2, 0) is 18.4 Å². The Morgan fingerprint density at radius 2 is 1.17 bits per heavy atom. The van der Waals surface area contributed by atoms with Gasteiger partial charge in [0.25, 0.3) is 7.82 Å². The third-order valence-corrected chi connectivity index (χ3v) is 9.37. The molecule has 3 atom stereocenters. The molecule has 0 fully saturated rings. The van der Waals surface area contributed by atoms with Gasteiger partial charge in [-0.25, -0.2) is 0 Å². The lowest BCUT2D eigenvalue weighted by Crippen LogP contribution is -2.45. The molecule has 0 aromatic heterocycles. The summed E-state index contributed by atoms with van der Waals surface area (Å²) < 4.78 is 23.1. The molecule has 0 spiro atoms. The van der Waals surface area contributed by atoms with E-state index in [9.17, 15) is 19.4 Å². The van der Waals surface area contributed by atoms with Crippen LogP contribution in [0.5, 0.6) is 0 Å². The lowest BCUT2D eigenvalue weighted by Gasteiger charge is -2.29. The number of phosphoric acid groups is 1. The van der Waals surface area contributed by atoms with E-state index in [2.05, 4.69) is 31.3 Å². The second-order valence-electron chi connectivity index (χ2n) is 14.3. The van der Waals surface area contributed by atoms with Crippen molar-refractivity contribution in [3.63, 3.8) is 0 Å². The molecule has 8 nitrogen and oxygen atoms in total. The minimum atomic E-state index is -4.58. The Balaban J connectivity index is 4.54. The fourth-order valence-corrected chi connectivity index (χ4v) is 5.99. The first-order valence-corrected chi connectivity index (χ1v) is 20.7. The van der Waals surface area contributed by atoms with E-state index in [-0.39, 0.29) is 19.1 Å². The number of nitrogens with one attached hydrogen (secondary N) is 1. The second kappa shape index (κ2) is 31.0. The summed E-state index contributed by atoms with van der Waals surface area (Å²) >= 11 is 0. The van der Waals surface area contributed by atoms with Gasteiger partial charge >= 0.3 is 0 Å². The lowest BCUT2D eigenvalue weighted by molar-refractivity contribution is -0.870. The van der Waals surface area contributed by atoms with Crippen molar-refractivity contribution in [1.29, 1.82) is 0 Å². The van der Waals surface area contributed by atoms with Crippen molar-refractivity contribution in [2.75, 3.05) is 40.9 Å². The number of nitrogens with zero attached hydrogens (tertiary/aromatic N) is 1. The first-order valence-electron chi connectivity index (χ1n) is 19.2. The van der Waals surface area contributed by atoms with Crippen LogP contribution in [0.25, 0.3) is 0 Å². The summed E-state index contributed by atoms with van der Waals surface area (Å²) in [6, 6.07) is -0.885. The Kier molecular flexibility index (Phi) is 30.3. The predicted molar refractivity (Wildman–Crippen MR) is 196 cm³/mol. The van der Waals surface area contributed by atoms with Gasteiger partial charge in [0.2, 0.25) is 5.91 Å². The molecular weight excluding hydrogens is 611 g/mol. The molecule has 0 saturated heterocycles. The number of rotatable bonds is 34. The molecule has 0 aliphatic carbocycles. The molecule has 1 unspecified atom stereocenters. The Bertz CT molecular complexity index is 829. The van der Waals surface area contributed by atoms with E-state index in [0.717, 1.165) is 51.4 Å². The molecule has 0 heterocycles. The van der Waals surface area contributed by atoms with Crippen molar-refractivity contribution < 1.29 is 32.9 Å². The zero-order valence-electron chi connectivity index (χ0n) is 31.2. The summed E-state index contributed by atoms with van der Waals surface area (Å²) in [5, 5.41) is 13.7. The lowest BCUT2D eigenvalue weighted by atomic mass is 10.1. The number of carbonyl (C=O) groups excluding carboxylic acids is 1. The molecule has 0 saturated carbocycles. The molecule has 47 heavy (non-hydrogen) atoms. The first kappa shape index (κ1) is 46.0. The maximum atomic E-state index is 12.8. The smallest absolute Gasteiger partial charge is 0.268 e. The highest BCUT2D eigenvalue weighted by molar-refractivity contribution is 7.45. The second-order valence-corrected chi connectivity index (χ2v) is 15.7. The number of aliphatic hydroxyl groups excluding tert-OH is 1. The molecule has 1 amide bonds. The van der Waals surface area contributed by atoms with Crippen LogP contribution in [-0.4, -0.2) is 68.5 Å². The maximum Gasteiger partial charge on any atom is 0.268 e. The van der Waals surface area contributed by atoms with Gasteiger partial charge in [-0.1, -0.05) is 134 Å². The molecule has 0 radical (unpaired) electrons. The summed E-state index contributed by atoms with van der Waals surface area (Å²) in [5.41, 5.74) is 0. The van der Waals surface area contributed by atoms with Crippen molar-refractivity contribution in [3.8, 4) is 0 Å². The van der Waals surface area contributed by atoms with Crippen LogP contribution in [0.2, 0.25) is 0 Å². The number of hydrogen-bond acceptors (Lipinski definition) is 6. The van der Waals surface area contributed by atoms with E-state index in [1.807, 2.05) is 27.2 Å². The van der Waals surface area contributed by atoms with Gasteiger partial charge in [0.05, 0.1) is 39.9 Å². The Labute approximate surface area is 290 Å². The summed E-state index contributed by atoms with van der Waals surface area (Å²) in [4.78, 5) is 25.1. The molecular formula is C38H75N2O6P. The van der Waals surface area contributed by atoms with E-state index in [0.29, 0.717) is 17.4 Å². The van der Waals surface area contributed by atoms with E-state index < -0.39 is 20.0 Å². The zero-order chi connectivity index (χ0) is 35.1. The highest BCUT2D eigenvalue weighted by atomic mass is 31.2. The monoisotopic (exact) mass is 687 g/mol. The summed E-state index contributed by atoms with van der Waals surface area (Å²) in [5.74, 6) is -0.210. The van der Waals surface area contributed by atoms with Gasteiger partial charge in [-0.05, 0) is 44.9 Å². The van der Waals surface area contributed by atoms with Gasteiger partial charge in [-0.3, -0.25) is 9.36 Å². The number of likely N-dealkylation sites (N-methyl/N-ethyl adjacent to an activating group) is 1. The summed E-state index contributed by atoms with van der Waals surface area (Å²) in [7, 11) is 1.25. The highest BCUT2D eigenvalue weighted by Gasteiger charge is 2.23. The highest BCUT2D eigenvalue weighted by Crippen LogP contribution is 2.38. The molecule has 2 N–H and O–H groups in total. The average Bonchev–Trinajstić information content (AvgIpc) is 3.01. The quantitative estimate of drug-likeness (QED) is 0.0303. The van der Waals surface area contributed by atoms with Crippen molar-refractivity contribution in [2.24, 2.45) is 0 Å². The normalized spacial score (nSPS) is 15.0. The molecule has 0 rings (SSSR count).